The molecule has 0 aliphatic carbocycles. The summed E-state index contributed by atoms with van der Waals surface area (Å²) in [5.41, 5.74) is 0.129. The van der Waals surface area contributed by atoms with E-state index in [2.05, 4.69) is 5.32 Å². The van der Waals surface area contributed by atoms with Crippen LogP contribution in [-0.2, 0) is 0 Å². The monoisotopic (exact) mass is 277 g/mol. The highest BCUT2D eigenvalue weighted by atomic mass is 19.1. The lowest BCUT2D eigenvalue weighted by Gasteiger charge is -2.08. The molecule has 1 unspecified atom stereocenters. The quantitative estimate of drug-likeness (QED) is 0.759. The molecule has 0 fully saturated rings. The first-order chi connectivity index (χ1) is 9.45. The van der Waals surface area contributed by atoms with Crippen LogP contribution < -0.4 is 16.6 Å². The second-order valence-corrected chi connectivity index (χ2v) is 4.70. The van der Waals surface area contributed by atoms with Crippen molar-refractivity contribution in [3.63, 3.8) is 0 Å². The number of anilines is 1. The Balaban J connectivity index is 2.41. The van der Waals surface area contributed by atoms with Crippen LogP contribution in [0, 0.1) is 5.82 Å². The molecule has 1 aliphatic heterocycles. The molecule has 7 heteroatoms. The lowest BCUT2D eigenvalue weighted by Crippen LogP contribution is -2.38. The minimum absolute atomic E-state index is 0.0230. The summed E-state index contributed by atoms with van der Waals surface area (Å²) in [4.78, 5) is 23.5. The largest absolute Gasteiger partial charge is 0.421 e. The molecule has 2 N–H and O–H groups in total. The van der Waals surface area contributed by atoms with Gasteiger partial charge in [0, 0.05) is 30.8 Å². The second-order valence-electron chi connectivity index (χ2n) is 4.70. The molecule has 0 saturated carbocycles. The van der Waals surface area contributed by atoms with Crippen molar-refractivity contribution in [3.8, 4) is 5.69 Å². The first-order valence-corrected chi connectivity index (χ1v) is 6.05. The van der Waals surface area contributed by atoms with Crippen LogP contribution in [0.25, 0.3) is 5.69 Å². The Morgan fingerprint density at radius 3 is 2.65 bits per heavy atom. The fraction of sp³-hybridized carbons (Fsp3) is 0.231. The highest BCUT2D eigenvalue weighted by molar-refractivity contribution is 5.61. The molecule has 2 heterocycles. The zero-order valence-corrected chi connectivity index (χ0v) is 10.8. The van der Waals surface area contributed by atoms with E-state index in [-0.39, 0.29) is 10.6 Å². The standard InChI is InChI=1S/C13H12FN3O3/c1-6-7-3-9(15-2)8(14)4-11(7)16-10(6)5-12(18)17(20)13(16)19/h3-6,15,20H,1-2H3. The maximum Gasteiger partial charge on any atom is 0.369 e. The fourth-order valence-corrected chi connectivity index (χ4v) is 2.58. The van der Waals surface area contributed by atoms with Gasteiger partial charge in [0.25, 0.3) is 5.56 Å². The lowest BCUT2D eigenvalue weighted by atomic mass is 9.99. The molecule has 0 radical (unpaired) electrons. The van der Waals surface area contributed by atoms with Crippen molar-refractivity contribution in [1.29, 1.82) is 0 Å². The van der Waals surface area contributed by atoms with Gasteiger partial charge in [-0.25, -0.2) is 9.18 Å². The van der Waals surface area contributed by atoms with Crippen LogP contribution in [0.3, 0.4) is 0 Å². The molecule has 6 nitrogen and oxygen atoms in total. The molecule has 1 atom stereocenters. The van der Waals surface area contributed by atoms with Crippen molar-refractivity contribution >= 4 is 5.69 Å². The fourth-order valence-electron chi connectivity index (χ4n) is 2.58. The SMILES string of the molecule is CNc1cc2c(cc1F)-n1c(cc(=O)n(O)c1=O)C2C. The van der Waals surface area contributed by atoms with E-state index in [0.29, 0.717) is 17.1 Å². The summed E-state index contributed by atoms with van der Waals surface area (Å²) < 4.78 is 15.0. The highest BCUT2D eigenvalue weighted by Crippen LogP contribution is 2.37. The van der Waals surface area contributed by atoms with Crippen LogP contribution >= 0.6 is 0 Å². The molecule has 1 aromatic carbocycles. The summed E-state index contributed by atoms with van der Waals surface area (Å²) in [5, 5.41) is 12.1. The van der Waals surface area contributed by atoms with Gasteiger partial charge < -0.3 is 10.5 Å². The summed E-state index contributed by atoms with van der Waals surface area (Å²) >= 11 is 0. The zero-order valence-electron chi connectivity index (χ0n) is 10.8. The number of hydrogen-bond donors (Lipinski definition) is 2. The number of benzene rings is 1. The first-order valence-electron chi connectivity index (χ1n) is 6.05. The Bertz CT molecular complexity index is 838. The average molecular weight is 277 g/mol. The van der Waals surface area contributed by atoms with Crippen LogP contribution in [0.15, 0.2) is 27.8 Å². The van der Waals surface area contributed by atoms with Gasteiger partial charge in [-0.3, -0.25) is 9.36 Å². The summed E-state index contributed by atoms with van der Waals surface area (Å²) in [7, 11) is 1.60. The molecule has 0 spiro atoms. The zero-order chi connectivity index (χ0) is 14.6. The normalized spacial score (nSPS) is 15.8. The summed E-state index contributed by atoms with van der Waals surface area (Å²) in [6.45, 7) is 1.82. The Labute approximate surface area is 112 Å². The molecule has 0 saturated heterocycles. The maximum atomic E-state index is 13.9. The molecule has 0 bridgehead atoms. The Morgan fingerprint density at radius 1 is 1.30 bits per heavy atom. The van der Waals surface area contributed by atoms with Gasteiger partial charge in [-0.1, -0.05) is 11.7 Å². The van der Waals surface area contributed by atoms with Crippen molar-refractivity contribution in [2.24, 2.45) is 0 Å². The van der Waals surface area contributed by atoms with Crippen molar-refractivity contribution in [2.45, 2.75) is 12.8 Å². The number of nitrogens with zero attached hydrogens (tertiary/aromatic N) is 2. The first kappa shape index (κ1) is 12.5. The molecule has 3 rings (SSSR count). The van der Waals surface area contributed by atoms with Gasteiger partial charge >= 0.3 is 5.69 Å². The third-order valence-electron chi connectivity index (χ3n) is 3.65. The smallest absolute Gasteiger partial charge is 0.369 e. The van der Waals surface area contributed by atoms with Gasteiger partial charge in [-0.05, 0) is 11.6 Å². The molecule has 20 heavy (non-hydrogen) atoms. The highest BCUT2D eigenvalue weighted by Gasteiger charge is 2.29. The number of aromatic nitrogens is 2. The van der Waals surface area contributed by atoms with Crippen LogP contribution in [0.1, 0.15) is 24.1 Å². The van der Waals surface area contributed by atoms with Gasteiger partial charge in [0.2, 0.25) is 0 Å². The van der Waals surface area contributed by atoms with E-state index in [1.54, 1.807) is 13.1 Å². The van der Waals surface area contributed by atoms with E-state index in [4.69, 9.17) is 0 Å². The molecule has 104 valence electrons. The third kappa shape index (κ3) is 1.43. The molecular weight excluding hydrogens is 265 g/mol. The predicted octanol–water partition coefficient (Wildman–Crippen LogP) is 0.882. The van der Waals surface area contributed by atoms with Crippen molar-refractivity contribution in [1.82, 2.24) is 9.30 Å². The van der Waals surface area contributed by atoms with E-state index in [0.717, 1.165) is 10.1 Å². The van der Waals surface area contributed by atoms with Gasteiger partial charge in [-0.15, -0.1) is 0 Å². The van der Waals surface area contributed by atoms with Crippen molar-refractivity contribution in [3.05, 3.63) is 56.1 Å². The van der Waals surface area contributed by atoms with Crippen LogP contribution in [0.4, 0.5) is 10.1 Å². The topological polar surface area (TPSA) is 76.3 Å². The van der Waals surface area contributed by atoms with E-state index >= 15 is 0 Å². The van der Waals surface area contributed by atoms with Crippen LogP contribution in [-0.4, -0.2) is 21.6 Å². The van der Waals surface area contributed by atoms with Gasteiger partial charge in [0.15, 0.2) is 0 Å². The van der Waals surface area contributed by atoms with Gasteiger partial charge in [0.1, 0.15) is 5.82 Å². The van der Waals surface area contributed by atoms with Crippen LogP contribution in [0.5, 0.6) is 0 Å². The summed E-state index contributed by atoms with van der Waals surface area (Å²) in [6, 6.07) is 4.01. The Morgan fingerprint density at radius 2 is 2.00 bits per heavy atom. The van der Waals surface area contributed by atoms with E-state index in [1.165, 1.54) is 12.1 Å². The average Bonchev–Trinajstić information content (AvgIpc) is 2.68. The summed E-state index contributed by atoms with van der Waals surface area (Å²) in [6.07, 6.45) is 0. The molecular formula is C13H12FN3O3. The minimum Gasteiger partial charge on any atom is -0.421 e. The Hall–Kier alpha value is -2.57. The lowest BCUT2D eigenvalue weighted by molar-refractivity contribution is 0.157. The molecule has 0 amide bonds. The predicted molar refractivity (Wildman–Crippen MR) is 70.5 cm³/mol. The number of rotatable bonds is 1. The number of fused-ring (bicyclic) bond motifs is 3. The summed E-state index contributed by atoms with van der Waals surface area (Å²) in [5.74, 6) is -0.742. The van der Waals surface area contributed by atoms with Crippen LogP contribution in [0.2, 0.25) is 0 Å². The second kappa shape index (κ2) is 3.96. The Kier molecular flexibility index (Phi) is 2.47. The number of hydrogen-bond acceptors (Lipinski definition) is 4. The van der Waals surface area contributed by atoms with E-state index in [1.807, 2.05) is 6.92 Å². The van der Waals surface area contributed by atoms with Crippen molar-refractivity contribution in [2.75, 3.05) is 12.4 Å². The van der Waals surface area contributed by atoms with Gasteiger partial charge in [0.05, 0.1) is 11.4 Å². The molecule has 1 aromatic heterocycles. The van der Waals surface area contributed by atoms with Gasteiger partial charge in [-0.2, -0.15) is 0 Å². The van der Waals surface area contributed by atoms with E-state index in [9.17, 15) is 19.2 Å². The molecule has 1 aliphatic rings. The van der Waals surface area contributed by atoms with Crippen molar-refractivity contribution < 1.29 is 9.60 Å². The minimum atomic E-state index is -0.894. The number of nitrogens with one attached hydrogen (secondary N) is 1. The van der Waals surface area contributed by atoms with E-state index < -0.39 is 17.1 Å². The number of halogens is 1. The maximum absolute atomic E-state index is 13.9. The third-order valence-corrected chi connectivity index (χ3v) is 3.65. The molecule has 2 aromatic rings.